The van der Waals surface area contributed by atoms with Gasteiger partial charge in [0.05, 0.1) is 0 Å². The molecule has 4 heteroatoms. The Kier molecular flexibility index (Phi) is 3.63. The van der Waals surface area contributed by atoms with Gasteiger partial charge in [0.15, 0.2) is 0 Å². The molecule has 0 N–H and O–H groups in total. The Hall–Kier alpha value is 1.66. The fourth-order valence-electron chi connectivity index (χ4n) is 0. The normalized spacial score (nSPS) is 12.0. The average molecular weight is 294 g/mol. The Balaban J connectivity index is 3.17. The van der Waals surface area contributed by atoms with E-state index in [0.29, 0.717) is 0 Å². The highest BCUT2D eigenvalue weighted by Gasteiger charge is 2.12. The molecule has 6 heavy (non-hydrogen) atoms. The number of alkyl halides is 3. The number of rotatable bonds is 0. The third-order valence-corrected chi connectivity index (χ3v) is 3.12. The maximum atomic E-state index is 3.27. The van der Waals surface area contributed by atoms with Crippen LogP contribution >= 0.6 is 47.8 Å². The average Bonchev–Trinajstić information content (AvgIpc) is 1.35. The first-order chi connectivity index (χ1) is 2.56. The smallest absolute Gasteiger partial charge is 0.0603 e. The standard InChI is InChI=1S/C2H2Br3Si/c3-2(4,5)1-6/h1H2. The Morgan fingerprint density at radius 2 is 1.50 bits per heavy atom. The highest BCUT2D eigenvalue weighted by Crippen LogP contribution is 2.35. The molecular formula is C2H2Br3Si. The van der Waals surface area contributed by atoms with Crippen LogP contribution in [0.1, 0.15) is 0 Å². The van der Waals surface area contributed by atoms with Crippen LogP contribution in [0.15, 0.2) is 0 Å². The second kappa shape index (κ2) is 2.84. The van der Waals surface area contributed by atoms with Gasteiger partial charge in [-0.25, -0.2) is 0 Å². The van der Waals surface area contributed by atoms with E-state index in [1.807, 2.05) is 0 Å². The van der Waals surface area contributed by atoms with Crippen LogP contribution in [0.25, 0.3) is 0 Å². The van der Waals surface area contributed by atoms with Gasteiger partial charge in [-0.2, -0.15) is 0 Å². The zero-order valence-electron chi connectivity index (χ0n) is 2.84. The lowest BCUT2D eigenvalue weighted by Gasteiger charge is -2.04. The Labute approximate surface area is 65.9 Å². The van der Waals surface area contributed by atoms with E-state index in [-0.39, 0.29) is 2.14 Å². The zero-order valence-corrected chi connectivity index (χ0v) is 8.60. The van der Waals surface area contributed by atoms with E-state index >= 15 is 0 Å². The van der Waals surface area contributed by atoms with Crippen molar-refractivity contribution in [2.45, 2.75) is 8.19 Å². The summed E-state index contributed by atoms with van der Waals surface area (Å²) in [6, 6.07) is 0.826. The van der Waals surface area contributed by atoms with E-state index in [2.05, 4.69) is 58.0 Å². The number of halogens is 3. The highest BCUT2D eigenvalue weighted by molar-refractivity contribution is 9.39. The molecule has 0 amide bonds. The quantitative estimate of drug-likeness (QED) is 0.475. The first-order valence-corrected chi connectivity index (χ1v) is 4.36. The molecule has 0 aliphatic carbocycles. The molecule has 0 spiro atoms. The van der Waals surface area contributed by atoms with Gasteiger partial charge in [0.2, 0.25) is 0 Å². The van der Waals surface area contributed by atoms with E-state index in [1.54, 1.807) is 0 Å². The van der Waals surface area contributed by atoms with Crippen molar-refractivity contribution in [2.24, 2.45) is 0 Å². The minimum atomic E-state index is -0.107. The van der Waals surface area contributed by atoms with E-state index in [0.717, 1.165) is 6.04 Å². The van der Waals surface area contributed by atoms with Gasteiger partial charge in [0, 0.05) is 10.2 Å². The van der Waals surface area contributed by atoms with Crippen molar-refractivity contribution < 1.29 is 0 Å². The van der Waals surface area contributed by atoms with Gasteiger partial charge in [-0.1, -0.05) is 47.8 Å². The molecule has 0 fully saturated rings. The molecule has 0 heterocycles. The maximum absolute atomic E-state index is 3.27. The van der Waals surface area contributed by atoms with E-state index < -0.39 is 0 Å². The van der Waals surface area contributed by atoms with Gasteiger partial charge >= 0.3 is 0 Å². The molecule has 0 unspecified atom stereocenters. The maximum Gasteiger partial charge on any atom is 0.132 e. The second-order valence-electron chi connectivity index (χ2n) is 0.792. The van der Waals surface area contributed by atoms with Crippen molar-refractivity contribution in [3.8, 4) is 0 Å². The van der Waals surface area contributed by atoms with E-state index in [9.17, 15) is 0 Å². The lowest BCUT2D eigenvalue weighted by molar-refractivity contribution is 1.40. The van der Waals surface area contributed by atoms with E-state index in [4.69, 9.17) is 0 Å². The predicted molar refractivity (Wildman–Crippen MR) is 40.1 cm³/mol. The molecule has 0 aliphatic rings. The molecule has 0 aromatic rings. The largest absolute Gasteiger partial charge is 0.132 e. The van der Waals surface area contributed by atoms with Crippen LogP contribution < -0.4 is 0 Å². The minimum absolute atomic E-state index is 0.107. The molecule has 0 nitrogen and oxygen atoms in total. The first-order valence-electron chi connectivity index (χ1n) is 1.27. The summed E-state index contributed by atoms with van der Waals surface area (Å²) < 4.78 is -0.107. The minimum Gasteiger partial charge on any atom is -0.0603 e. The van der Waals surface area contributed by atoms with Crippen LogP contribution in [-0.4, -0.2) is 12.4 Å². The van der Waals surface area contributed by atoms with Crippen LogP contribution in [-0.2, 0) is 0 Å². The number of hydrogen-bond donors (Lipinski definition) is 0. The molecule has 0 rings (SSSR count). The fourth-order valence-corrected chi connectivity index (χ4v) is 0. The van der Waals surface area contributed by atoms with Gasteiger partial charge in [0.1, 0.15) is 2.14 Å². The predicted octanol–water partition coefficient (Wildman–Crippen LogP) is 2.41. The molecule has 0 aliphatic heterocycles. The monoisotopic (exact) mass is 291 g/mol. The SMILES string of the molecule is [Si]CC(Br)(Br)Br. The number of hydrogen-bond acceptors (Lipinski definition) is 0. The van der Waals surface area contributed by atoms with Crippen molar-refractivity contribution >= 4 is 58.0 Å². The molecule has 0 saturated heterocycles. The van der Waals surface area contributed by atoms with Crippen LogP contribution in [0.4, 0.5) is 0 Å². The van der Waals surface area contributed by atoms with Crippen molar-refractivity contribution in [2.75, 3.05) is 0 Å². The lowest BCUT2D eigenvalue weighted by atomic mass is 11.0. The summed E-state index contributed by atoms with van der Waals surface area (Å²) in [5, 5.41) is 0. The zero-order chi connectivity index (χ0) is 5.21. The molecule has 0 aromatic carbocycles. The van der Waals surface area contributed by atoms with Gasteiger partial charge in [-0.05, 0) is 6.04 Å². The molecule has 0 saturated carbocycles. The fraction of sp³-hybridized carbons (Fsp3) is 1.00. The summed E-state index contributed by atoms with van der Waals surface area (Å²) in [4.78, 5) is 0. The van der Waals surface area contributed by atoms with Crippen molar-refractivity contribution in [3.63, 3.8) is 0 Å². The molecule has 35 valence electrons. The third-order valence-electron chi connectivity index (χ3n) is 0.200. The van der Waals surface area contributed by atoms with Crippen LogP contribution in [0.3, 0.4) is 0 Å². The Morgan fingerprint density at radius 1 is 1.33 bits per heavy atom. The molecular weight excluding hydrogens is 292 g/mol. The second-order valence-corrected chi connectivity index (χ2v) is 8.40. The van der Waals surface area contributed by atoms with Crippen molar-refractivity contribution in [3.05, 3.63) is 0 Å². The molecule has 0 atom stereocenters. The molecule has 3 radical (unpaired) electrons. The van der Waals surface area contributed by atoms with Gasteiger partial charge in [-0.15, -0.1) is 0 Å². The topological polar surface area (TPSA) is 0 Å². The van der Waals surface area contributed by atoms with E-state index in [1.165, 1.54) is 0 Å². The van der Waals surface area contributed by atoms with Crippen LogP contribution in [0, 0.1) is 0 Å². The van der Waals surface area contributed by atoms with Crippen LogP contribution in [0.5, 0.6) is 0 Å². The summed E-state index contributed by atoms with van der Waals surface area (Å²) >= 11 is 9.79. The van der Waals surface area contributed by atoms with Crippen LogP contribution in [0.2, 0.25) is 6.04 Å². The van der Waals surface area contributed by atoms with Gasteiger partial charge < -0.3 is 0 Å². The summed E-state index contributed by atoms with van der Waals surface area (Å²) in [5.41, 5.74) is 0. The Bertz CT molecular complexity index is 38.5. The van der Waals surface area contributed by atoms with Crippen molar-refractivity contribution in [1.29, 1.82) is 0 Å². The molecule has 0 bridgehead atoms. The Morgan fingerprint density at radius 3 is 1.50 bits per heavy atom. The summed E-state index contributed by atoms with van der Waals surface area (Å²) in [5.74, 6) is 0. The summed E-state index contributed by atoms with van der Waals surface area (Å²) in [6.07, 6.45) is 0. The van der Waals surface area contributed by atoms with Crippen molar-refractivity contribution in [1.82, 2.24) is 0 Å². The van der Waals surface area contributed by atoms with Gasteiger partial charge in [0.25, 0.3) is 0 Å². The van der Waals surface area contributed by atoms with Gasteiger partial charge in [-0.3, -0.25) is 0 Å². The summed E-state index contributed by atoms with van der Waals surface area (Å²) in [6.45, 7) is 0. The first kappa shape index (κ1) is 7.66. The molecule has 0 aromatic heterocycles. The third kappa shape index (κ3) is 5.66. The lowest BCUT2D eigenvalue weighted by Crippen LogP contribution is -1.94. The highest BCUT2D eigenvalue weighted by atomic mass is 80.0. The summed E-state index contributed by atoms with van der Waals surface area (Å²) in [7, 11) is 3.27.